The highest BCUT2D eigenvalue weighted by atomic mass is 16.5. The van der Waals surface area contributed by atoms with Crippen molar-refractivity contribution in [1.29, 1.82) is 0 Å². The average Bonchev–Trinajstić information content (AvgIpc) is 3.51. The molecule has 5 heterocycles. The number of carbonyl (C=O) groups is 1. The molecule has 1 saturated heterocycles. The van der Waals surface area contributed by atoms with E-state index in [4.69, 9.17) is 19.4 Å². The second-order valence-electron chi connectivity index (χ2n) is 9.32. The quantitative estimate of drug-likeness (QED) is 0.374. The number of amides is 1. The third-order valence-electron chi connectivity index (χ3n) is 7.33. The minimum atomic E-state index is -0.596. The molecule has 1 saturated carbocycles. The summed E-state index contributed by atoms with van der Waals surface area (Å²) < 4.78 is 14.5. The van der Waals surface area contributed by atoms with E-state index >= 15 is 0 Å². The van der Waals surface area contributed by atoms with Crippen molar-refractivity contribution >= 4 is 17.4 Å². The fourth-order valence-corrected chi connectivity index (χ4v) is 5.17. The van der Waals surface area contributed by atoms with E-state index in [9.17, 15) is 9.90 Å². The van der Waals surface area contributed by atoms with E-state index in [1.807, 2.05) is 29.0 Å². The van der Waals surface area contributed by atoms with E-state index in [-0.39, 0.29) is 24.1 Å². The predicted molar refractivity (Wildman–Crippen MR) is 132 cm³/mol. The molecule has 1 aliphatic carbocycles. The van der Waals surface area contributed by atoms with Crippen LogP contribution in [0.1, 0.15) is 35.7 Å². The number of ether oxygens (including phenoxy) is 2. The number of methoxy groups -OCH3 is 1. The summed E-state index contributed by atoms with van der Waals surface area (Å²) in [4.78, 5) is 22.7. The van der Waals surface area contributed by atoms with Crippen LogP contribution in [0.15, 0.2) is 36.8 Å². The minimum Gasteiger partial charge on any atom is -0.389 e. The highest BCUT2D eigenvalue weighted by Gasteiger charge is 2.33. The molecule has 0 radical (unpaired) electrons. The Kier molecular flexibility index (Phi) is 5.82. The topological polar surface area (TPSA) is 128 Å². The number of aliphatic hydroxyl groups is 1. The minimum absolute atomic E-state index is 0.0106. The lowest BCUT2D eigenvalue weighted by Crippen LogP contribution is -2.51. The van der Waals surface area contributed by atoms with E-state index in [0.717, 1.165) is 29.8 Å². The molecule has 188 valence electrons. The molecule has 36 heavy (non-hydrogen) atoms. The van der Waals surface area contributed by atoms with Gasteiger partial charge >= 0.3 is 0 Å². The summed E-state index contributed by atoms with van der Waals surface area (Å²) in [6, 6.07) is 5.72. The molecule has 0 spiro atoms. The molecular formula is C25H29N7O4. The van der Waals surface area contributed by atoms with Crippen molar-refractivity contribution in [1.82, 2.24) is 29.5 Å². The van der Waals surface area contributed by atoms with Crippen LogP contribution in [0, 0.1) is 0 Å². The molecule has 4 aliphatic rings. The first-order valence-electron chi connectivity index (χ1n) is 12.2. The fraction of sp³-hybridized carbons (Fsp3) is 0.440. The number of nitrogens with one attached hydrogen (secondary N) is 2. The average molecular weight is 492 g/mol. The van der Waals surface area contributed by atoms with Crippen molar-refractivity contribution in [3.8, 4) is 22.6 Å². The molecular weight excluding hydrogens is 462 g/mol. The van der Waals surface area contributed by atoms with E-state index in [0.29, 0.717) is 42.4 Å². The number of rotatable bonds is 6. The maximum atomic E-state index is 13.1. The van der Waals surface area contributed by atoms with Gasteiger partial charge in [-0.3, -0.25) is 4.79 Å². The zero-order valence-electron chi connectivity index (χ0n) is 20.2. The van der Waals surface area contributed by atoms with Crippen LogP contribution in [0.3, 0.4) is 0 Å². The zero-order chi connectivity index (χ0) is 24.8. The molecule has 11 heteroatoms. The first-order chi connectivity index (χ1) is 17.6. The summed E-state index contributed by atoms with van der Waals surface area (Å²) >= 11 is 0. The second kappa shape index (κ2) is 9.16. The summed E-state index contributed by atoms with van der Waals surface area (Å²) in [5, 5.41) is 21.1. The standard InChI is InChI=1S/C25H29N7O4/c1-26-22-10-18(29-24-16(12-28-32(22)24)25(34)30-17-5-6-21(17)35-2)15-11-27-23-14(15)4-3-8-31(23)19-7-9-36-13-20(19)33/h3-4,8,10-12,17,19-21,26,33H,5-7,9,13H2,1-2H3,(H,30,34)/t17?,19?,20-,21-/m0/s1. The van der Waals surface area contributed by atoms with Gasteiger partial charge in [0.1, 0.15) is 17.2 Å². The largest absolute Gasteiger partial charge is 0.389 e. The van der Waals surface area contributed by atoms with Gasteiger partial charge in [-0.2, -0.15) is 9.61 Å². The van der Waals surface area contributed by atoms with Gasteiger partial charge in [-0.15, -0.1) is 0 Å². The lowest BCUT2D eigenvalue weighted by atomic mass is 9.89. The van der Waals surface area contributed by atoms with E-state index in [1.165, 1.54) is 0 Å². The zero-order valence-corrected chi connectivity index (χ0v) is 20.2. The highest BCUT2D eigenvalue weighted by Crippen LogP contribution is 2.37. The maximum absolute atomic E-state index is 13.1. The van der Waals surface area contributed by atoms with Gasteiger partial charge in [0.25, 0.3) is 5.91 Å². The van der Waals surface area contributed by atoms with Crippen LogP contribution in [0.2, 0.25) is 0 Å². The number of aromatic nitrogens is 5. The summed E-state index contributed by atoms with van der Waals surface area (Å²) in [7, 11) is 3.47. The van der Waals surface area contributed by atoms with Gasteiger partial charge in [0.05, 0.1) is 42.8 Å². The van der Waals surface area contributed by atoms with Gasteiger partial charge < -0.3 is 29.8 Å². The molecule has 6 rings (SSSR count). The molecule has 2 aromatic heterocycles. The predicted octanol–water partition coefficient (Wildman–Crippen LogP) is 1.97. The number of carbonyl (C=O) groups excluding carboxylic acids is 1. The number of anilines is 1. The Labute approximate surface area is 207 Å². The number of hydrogen-bond acceptors (Lipinski definition) is 8. The van der Waals surface area contributed by atoms with Crippen LogP contribution < -0.4 is 10.6 Å². The molecule has 2 fully saturated rings. The van der Waals surface area contributed by atoms with Crippen LogP contribution in [-0.4, -0.2) is 80.8 Å². The van der Waals surface area contributed by atoms with Crippen molar-refractivity contribution in [2.45, 2.75) is 43.6 Å². The van der Waals surface area contributed by atoms with Gasteiger partial charge in [-0.25, -0.2) is 9.97 Å². The van der Waals surface area contributed by atoms with Crippen LogP contribution in [-0.2, 0) is 9.47 Å². The van der Waals surface area contributed by atoms with Crippen LogP contribution >= 0.6 is 0 Å². The number of hydrogen-bond donors (Lipinski definition) is 3. The highest BCUT2D eigenvalue weighted by molar-refractivity contribution is 6.00. The summed E-state index contributed by atoms with van der Waals surface area (Å²) in [6.45, 7) is 0.907. The molecule has 0 bridgehead atoms. The lowest BCUT2D eigenvalue weighted by Gasteiger charge is -2.35. The Morgan fingerprint density at radius 3 is 2.89 bits per heavy atom. The molecule has 2 aromatic rings. The second-order valence-corrected chi connectivity index (χ2v) is 9.32. The smallest absolute Gasteiger partial charge is 0.257 e. The molecule has 0 aromatic carbocycles. The Balaban J connectivity index is 1.38. The molecule has 4 atom stereocenters. The van der Waals surface area contributed by atoms with Gasteiger partial charge in [0.2, 0.25) is 0 Å². The van der Waals surface area contributed by atoms with Crippen molar-refractivity contribution in [3.63, 3.8) is 0 Å². The first-order valence-corrected chi connectivity index (χ1v) is 12.2. The third kappa shape index (κ3) is 3.71. The van der Waals surface area contributed by atoms with E-state index in [2.05, 4.69) is 15.7 Å². The molecule has 3 N–H and O–H groups in total. The Morgan fingerprint density at radius 2 is 2.14 bits per heavy atom. The number of fused-ring (bicyclic) bond motifs is 2. The third-order valence-corrected chi connectivity index (χ3v) is 7.33. The van der Waals surface area contributed by atoms with Crippen LogP contribution in [0.5, 0.6) is 0 Å². The van der Waals surface area contributed by atoms with Gasteiger partial charge in [0, 0.05) is 50.4 Å². The lowest BCUT2D eigenvalue weighted by molar-refractivity contribution is -0.0383. The Morgan fingerprint density at radius 1 is 1.25 bits per heavy atom. The van der Waals surface area contributed by atoms with Crippen molar-refractivity contribution in [2.75, 3.05) is 32.7 Å². The normalized spacial score (nSPS) is 24.1. The van der Waals surface area contributed by atoms with Crippen LogP contribution in [0.4, 0.5) is 5.82 Å². The van der Waals surface area contributed by atoms with Gasteiger partial charge in [-0.1, -0.05) is 0 Å². The number of pyridine rings is 1. The first kappa shape index (κ1) is 22.9. The van der Waals surface area contributed by atoms with Gasteiger partial charge in [-0.05, 0) is 31.4 Å². The van der Waals surface area contributed by atoms with Crippen LogP contribution in [0.25, 0.3) is 28.3 Å². The molecule has 3 aliphatic heterocycles. The maximum Gasteiger partial charge on any atom is 0.257 e. The molecule has 1 amide bonds. The Bertz CT molecular complexity index is 1380. The van der Waals surface area contributed by atoms with Crippen molar-refractivity contribution in [2.24, 2.45) is 0 Å². The Hall–Kier alpha value is -3.54. The van der Waals surface area contributed by atoms with Crippen molar-refractivity contribution in [3.05, 3.63) is 42.4 Å². The summed E-state index contributed by atoms with van der Waals surface area (Å²) in [5.74, 6) is 1.25. The molecule has 11 nitrogen and oxygen atoms in total. The number of nitrogens with zero attached hydrogens (tertiary/aromatic N) is 5. The monoisotopic (exact) mass is 491 g/mol. The van der Waals surface area contributed by atoms with Gasteiger partial charge in [0.15, 0.2) is 5.65 Å². The fourth-order valence-electron chi connectivity index (χ4n) is 5.17. The van der Waals surface area contributed by atoms with E-state index in [1.54, 1.807) is 31.1 Å². The summed E-state index contributed by atoms with van der Waals surface area (Å²) in [5.41, 5.74) is 3.29. The van der Waals surface area contributed by atoms with E-state index < -0.39 is 6.10 Å². The SMILES string of the molecule is CNc1cc(-c2cnc3n(C4CCOC[C@@H]4O)cccc2-3)nc2c(C(=O)NC3CC[C@@H]3OC)cnn12. The summed E-state index contributed by atoms with van der Waals surface area (Å²) in [6.07, 6.45) is 7.25. The molecule has 2 unspecified atom stereocenters. The van der Waals surface area contributed by atoms with Crippen molar-refractivity contribution < 1.29 is 19.4 Å². The number of aliphatic hydroxyl groups excluding tert-OH is 1.